The van der Waals surface area contributed by atoms with Gasteiger partial charge in [-0.15, -0.1) is 0 Å². The van der Waals surface area contributed by atoms with Crippen molar-refractivity contribution in [1.29, 1.82) is 0 Å². The zero-order chi connectivity index (χ0) is 21.9. The molecule has 156 valence electrons. The van der Waals surface area contributed by atoms with Crippen molar-refractivity contribution in [3.05, 3.63) is 77.4 Å². The highest BCUT2D eigenvalue weighted by Gasteiger charge is 2.24. The first kappa shape index (κ1) is 21.2. The molecule has 2 amide bonds. The summed E-state index contributed by atoms with van der Waals surface area (Å²) in [5, 5.41) is 14.8. The molecule has 3 aromatic carbocycles. The molecule has 3 N–H and O–H groups in total. The molecule has 0 aliphatic rings. The predicted molar refractivity (Wildman–Crippen MR) is 116 cm³/mol. The number of phenolic OH excluding ortho intramolecular Hbond substituents is 1. The molecular weight excluding hydrogens is 404 g/mol. The first-order chi connectivity index (χ1) is 14.2. The normalized spacial score (nSPS) is 11.0. The maximum atomic E-state index is 12.9. The fraction of sp³-hybridized carbons (Fsp3) is 0.136. The molecule has 8 heteroatoms. The zero-order valence-corrected chi connectivity index (χ0v) is 17.6. The van der Waals surface area contributed by atoms with Gasteiger partial charge in [0, 0.05) is 0 Å². The topological polar surface area (TPSA) is 105 Å². The summed E-state index contributed by atoms with van der Waals surface area (Å²) in [4.78, 5) is 12.4. The van der Waals surface area contributed by atoms with Crippen molar-refractivity contribution in [2.45, 2.75) is 25.7 Å². The Hall–Kier alpha value is -3.52. The van der Waals surface area contributed by atoms with E-state index in [4.69, 9.17) is 4.18 Å². The van der Waals surface area contributed by atoms with Crippen LogP contribution in [0, 0.1) is 20.8 Å². The number of hydrogen-bond acceptors (Lipinski definition) is 5. The predicted octanol–water partition coefficient (Wildman–Crippen LogP) is 4.73. The van der Waals surface area contributed by atoms with Gasteiger partial charge in [0.2, 0.25) is 0 Å². The van der Waals surface area contributed by atoms with Crippen LogP contribution in [0.25, 0.3) is 0 Å². The number of para-hydroxylation sites is 4. The lowest BCUT2D eigenvalue weighted by atomic mass is 10.1. The SMILES string of the molecule is Cc1cc(C)c(S(=O)(=O)Oc2ccccc2NC(=O)Nc2ccccc2O)c(C)c1. The van der Waals surface area contributed by atoms with Crippen molar-refractivity contribution < 1.29 is 22.5 Å². The lowest BCUT2D eigenvalue weighted by Crippen LogP contribution is -2.21. The van der Waals surface area contributed by atoms with Crippen LogP contribution in [-0.2, 0) is 10.1 Å². The number of aromatic hydroxyl groups is 1. The summed E-state index contributed by atoms with van der Waals surface area (Å²) in [5.41, 5.74) is 2.49. The highest BCUT2D eigenvalue weighted by atomic mass is 32.2. The lowest BCUT2D eigenvalue weighted by molar-refractivity contribution is 0.262. The van der Waals surface area contributed by atoms with Gasteiger partial charge < -0.3 is 19.9 Å². The van der Waals surface area contributed by atoms with Crippen LogP contribution < -0.4 is 14.8 Å². The Morgan fingerprint density at radius 3 is 2.03 bits per heavy atom. The number of phenols is 1. The highest BCUT2D eigenvalue weighted by molar-refractivity contribution is 7.87. The number of carbonyl (C=O) groups excluding carboxylic acids is 1. The van der Waals surface area contributed by atoms with E-state index in [0.29, 0.717) is 11.1 Å². The zero-order valence-electron chi connectivity index (χ0n) is 16.8. The summed E-state index contributed by atoms with van der Waals surface area (Å²) in [6, 6.07) is 15.3. The van der Waals surface area contributed by atoms with E-state index >= 15 is 0 Å². The van der Waals surface area contributed by atoms with Crippen molar-refractivity contribution in [3.63, 3.8) is 0 Å². The second-order valence-electron chi connectivity index (χ2n) is 6.86. The molecule has 0 aromatic heterocycles. The Labute approximate surface area is 175 Å². The van der Waals surface area contributed by atoms with Crippen molar-refractivity contribution in [2.24, 2.45) is 0 Å². The van der Waals surface area contributed by atoms with E-state index in [0.717, 1.165) is 5.56 Å². The minimum Gasteiger partial charge on any atom is -0.506 e. The number of carbonyl (C=O) groups is 1. The quantitative estimate of drug-likeness (QED) is 0.404. The lowest BCUT2D eigenvalue weighted by Gasteiger charge is -2.16. The van der Waals surface area contributed by atoms with Gasteiger partial charge in [0.1, 0.15) is 10.6 Å². The third kappa shape index (κ3) is 4.72. The molecule has 0 spiro atoms. The average Bonchev–Trinajstić information content (AvgIpc) is 2.64. The molecule has 0 saturated carbocycles. The molecule has 0 bridgehead atoms. The number of amides is 2. The van der Waals surface area contributed by atoms with E-state index < -0.39 is 16.1 Å². The highest BCUT2D eigenvalue weighted by Crippen LogP contribution is 2.30. The summed E-state index contributed by atoms with van der Waals surface area (Å²) < 4.78 is 31.3. The van der Waals surface area contributed by atoms with E-state index in [1.807, 2.05) is 6.92 Å². The standard InChI is InChI=1S/C22H22N2O5S/c1-14-12-15(2)21(16(3)13-14)30(27,28)29-20-11-7-5-9-18(20)24-22(26)23-17-8-4-6-10-19(17)25/h4-13,25H,1-3H3,(H2,23,24,26). The summed E-state index contributed by atoms with van der Waals surface area (Å²) in [6.45, 7) is 5.31. The molecule has 0 radical (unpaired) electrons. The van der Waals surface area contributed by atoms with E-state index in [1.54, 1.807) is 50.2 Å². The molecule has 0 aliphatic heterocycles. The molecular formula is C22H22N2O5S. The molecule has 0 unspecified atom stereocenters. The van der Waals surface area contributed by atoms with Crippen LogP contribution in [0.15, 0.2) is 65.6 Å². The third-order valence-corrected chi connectivity index (χ3v) is 5.88. The van der Waals surface area contributed by atoms with Crippen molar-refractivity contribution in [3.8, 4) is 11.5 Å². The molecule has 0 atom stereocenters. The monoisotopic (exact) mass is 426 g/mol. The number of anilines is 2. The first-order valence-electron chi connectivity index (χ1n) is 9.15. The summed E-state index contributed by atoms with van der Waals surface area (Å²) in [7, 11) is -4.13. The van der Waals surface area contributed by atoms with Crippen LogP contribution in [0.1, 0.15) is 16.7 Å². The molecule has 0 heterocycles. The average molecular weight is 426 g/mol. The van der Waals surface area contributed by atoms with Crippen LogP contribution in [-0.4, -0.2) is 19.6 Å². The minimum atomic E-state index is -4.13. The van der Waals surface area contributed by atoms with Crippen molar-refractivity contribution >= 4 is 27.5 Å². The van der Waals surface area contributed by atoms with Gasteiger partial charge in [-0.05, 0) is 56.2 Å². The van der Waals surface area contributed by atoms with Crippen molar-refractivity contribution in [1.82, 2.24) is 0 Å². The van der Waals surface area contributed by atoms with E-state index in [9.17, 15) is 18.3 Å². The molecule has 7 nitrogen and oxygen atoms in total. The van der Waals surface area contributed by atoms with Crippen LogP contribution in [0.2, 0.25) is 0 Å². The van der Waals surface area contributed by atoms with Gasteiger partial charge in [-0.1, -0.05) is 42.0 Å². The summed E-state index contributed by atoms with van der Waals surface area (Å²) >= 11 is 0. The van der Waals surface area contributed by atoms with Gasteiger partial charge in [-0.25, -0.2) is 4.79 Å². The third-order valence-electron chi connectivity index (χ3n) is 4.34. The van der Waals surface area contributed by atoms with Crippen LogP contribution in [0.5, 0.6) is 11.5 Å². The molecule has 0 fully saturated rings. The fourth-order valence-corrected chi connectivity index (χ4v) is 4.59. The summed E-state index contributed by atoms with van der Waals surface area (Å²) in [6.07, 6.45) is 0. The van der Waals surface area contributed by atoms with Gasteiger partial charge in [-0.3, -0.25) is 0 Å². The molecule has 30 heavy (non-hydrogen) atoms. The Bertz CT molecular complexity index is 1180. The maximum absolute atomic E-state index is 12.9. The number of benzene rings is 3. The fourth-order valence-electron chi connectivity index (χ4n) is 3.22. The van der Waals surface area contributed by atoms with Crippen LogP contribution >= 0.6 is 0 Å². The van der Waals surface area contributed by atoms with Gasteiger partial charge in [0.25, 0.3) is 0 Å². The Balaban J connectivity index is 1.85. The molecule has 3 aromatic rings. The maximum Gasteiger partial charge on any atom is 0.339 e. The first-order valence-corrected chi connectivity index (χ1v) is 10.6. The van der Waals surface area contributed by atoms with E-state index in [2.05, 4.69) is 10.6 Å². The molecule has 0 saturated heterocycles. The molecule has 0 aliphatic carbocycles. The minimum absolute atomic E-state index is 0.0238. The van der Waals surface area contributed by atoms with Gasteiger partial charge in [0.15, 0.2) is 5.75 Å². The summed E-state index contributed by atoms with van der Waals surface area (Å²) in [5.74, 6) is -0.116. The Kier molecular flexibility index (Phi) is 5.98. The van der Waals surface area contributed by atoms with E-state index in [1.165, 1.54) is 24.3 Å². The number of rotatable bonds is 5. The van der Waals surface area contributed by atoms with Gasteiger partial charge in [0.05, 0.1) is 11.4 Å². The van der Waals surface area contributed by atoms with Crippen LogP contribution in [0.3, 0.4) is 0 Å². The number of hydrogen-bond donors (Lipinski definition) is 3. The van der Waals surface area contributed by atoms with Gasteiger partial charge in [-0.2, -0.15) is 8.42 Å². The number of nitrogens with one attached hydrogen (secondary N) is 2. The van der Waals surface area contributed by atoms with E-state index in [-0.39, 0.29) is 27.8 Å². The molecule has 3 rings (SSSR count). The van der Waals surface area contributed by atoms with Gasteiger partial charge >= 0.3 is 16.1 Å². The second-order valence-corrected chi connectivity index (χ2v) is 8.34. The number of aryl methyl sites for hydroxylation is 3. The number of urea groups is 1. The second kappa shape index (κ2) is 8.46. The van der Waals surface area contributed by atoms with Crippen molar-refractivity contribution in [2.75, 3.05) is 10.6 Å². The largest absolute Gasteiger partial charge is 0.506 e. The smallest absolute Gasteiger partial charge is 0.339 e. The van der Waals surface area contributed by atoms with Crippen LogP contribution in [0.4, 0.5) is 16.2 Å². The Morgan fingerprint density at radius 2 is 1.40 bits per heavy atom. The Morgan fingerprint density at radius 1 is 0.867 bits per heavy atom.